The second-order valence-electron chi connectivity index (χ2n) is 4.52. The Morgan fingerprint density at radius 3 is 2.19 bits per heavy atom. The Balaban J connectivity index is 1.95. The van der Waals surface area contributed by atoms with Crippen LogP contribution in [0.2, 0.25) is 0 Å². The molecule has 0 saturated heterocycles. The van der Waals surface area contributed by atoms with E-state index < -0.39 is 12.0 Å². The van der Waals surface area contributed by atoms with Crippen LogP contribution in [0.3, 0.4) is 0 Å². The summed E-state index contributed by atoms with van der Waals surface area (Å²) < 4.78 is 10.7. The third-order valence-corrected chi connectivity index (χ3v) is 3.07. The molecule has 5 nitrogen and oxygen atoms in total. The number of hydrogen-bond donors (Lipinski definition) is 2. The van der Waals surface area contributed by atoms with Crippen molar-refractivity contribution in [3.05, 3.63) is 59.7 Å². The Kier molecular flexibility index (Phi) is 4.79. The quantitative estimate of drug-likeness (QED) is 0.852. The van der Waals surface area contributed by atoms with E-state index in [2.05, 4.69) is 0 Å². The van der Waals surface area contributed by atoms with Gasteiger partial charge in [-0.3, -0.25) is 4.79 Å². The molecule has 0 radical (unpaired) electrons. The summed E-state index contributed by atoms with van der Waals surface area (Å²) in [7, 11) is 1.62. The van der Waals surface area contributed by atoms with Crippen LogP contribution in [-0.2, 0) is 11.4 Å². The maximum Gasteiger partial charge on any atom is 0.325 e. The van der Waals surface area contributed by atoms with Crippen molar-refractivity contribution in [1.82, 2.24) is 0 Å². The molecule has 2 aromatic rings. The van der Waals surface area contributed by atoms with Crippen molar-refractivity contribution in [3.8, 4) is 11.5 Å². The van der Waals surface area contributed by atoms with E-state index in [0.29, 0.717) is 17.9 Å². The van der Waals surface area contributed by atoms with Crippen LogP contribution in [0.5, 0.6) is 11.5 Å². The first-order valence-electron chi connectivity index (χ1n) is 6.44. The van der Waals surface area contributed by atoms with Gasteiger partial charge in [0.2, 0.25) is 0 Å². The molecule has 110 valence electrons. The smallest absolute Gasteiger partial charge is 0.325 e. The summed E-state index contributed by atoms with van der Waals surface area (Å²) in [6.45, 7) is 0.425. The summed E-state index contributed by atoms with van der Waals surface area (Å²) in [6, 6.07) is 13.3. The number of ether oxygens (including phenoxy) is 2. The molecular formula is C16H17NO4. The van der Waals surface area contributed by atoms with Gasteiger partial charge in [-0.25, -0.2) is 0 Å². The molecule has 0 saturated carbocycles. The van der Waals surface area contributed by atoms with Crippen molar-refractivity contribution < 1.29 is 19.4 Å². The molecule has 0 fully saturated rings. The summed E-state index contributed by atoms with van der Waals surface area (Å²) in [5.74, 6) is 0.403. The molecule has 5 heteroatoms. The summed E-state index contributed by atoms with van der Waals surface area (Å²) in [5, 5.41) is 8.83. The summed E-state index contributed by atoms with van der Waals surface area (Å²) in [6.07, 6.45) is 0. The van der Waals surface area contributed by atoms with E-state index in [-0.39, 0.29) is 0 Å². The predicted octanol–water partition coefficient (Wildman–Crippen LogP) is 2.36. The van der Waals surface area contributed by atoms with E-state index in [0.717, 1.165) is 11.3 Å². The van der Waals surface area contributed by atoms with Gasteiger partial charge in [0.15, 0.2) is 0 Å². The highest BCUT2D eigenvalue weighted by Gasteiger charge is 2.13. The number of nitrogens with two attached hydrogens (primary N) is 1. The molecule has 3 N–H and O–H groups in total. The van der Waals surface area contributed by atoms with Gasteiger partial charge in [0.05, 0.1) is 7.11 Å². The molecular weight excluding hydrogens is 270 g/mol. The monoisotopic (exact) mass is 287 g/mol. The lowest BCUT2D eigenvalue weighted by Crippen LogP contribution is -2.20. The van der Waals surface area contributed by atoms with E-state index in [9.17, 15) is 4.79 Å². The van der Waals surface area contributed by atoms with E-state index in [1.807, 2.05) is 24.3 Å². The highest BCUT2D eigenvalue weighted by atomic mass is 16.5. The SMILES string of the molecule is COc1ccc(COc2ccc(C(N)C(=O)O)cc2)cc1. The maximum absolute atomic E-state index is 10.8. The van der Waals surface area contributed by atoms with E-state index in [1.165, 1.54) is 0 Å². The highest BCUT2D eigenvalue weighted by Crippen LogP contribution is 2.18. The van der Waals surface area contributed by atoms with Gasteiger partial charge in [0, 0.05) is 0 Å². The summed E-state index contributed by atoms with van der Waals surface area (Å²) >= 11 is 0. The molecule has 0 bridgehead atoms. The van der Waals surface area contributed by atoms with Crippen LogP contribution < -0.4 is 15.2 Å². The molecule has 1 atom stereocenters. The summed E-state index contributed by atoms with van der Waals surface area (Å²) in [4.78, 5) is 10.8. The number of carboxylic acids is 1. The molecule has 0 heterocycles. The molecule has 0 aliphatic rings. The average Bonchev–Trinajstić information content (AvgIpc) is 2.53. The van der Waals surface area contributed by atoms with Crippen LogP contribution in [0, 0.1) is 0 Å². The Morgan fingerprint density at radius 2 is 1.67 bits per heavy atom. The lowest BCUT2D eigenvalue weighted by atomic mass is 10.1. The average molecular weight is 287 g/mol. The first kappa shape index (κ1) is 14.9. The molecule has 0 spiro atoms. The van der Waals surface area contributed by atoms with Crippen molar-refractivity contribution >= 4 is 5.97 Å². The Morgan fingerprint density at radius 1 is 1.10 bits per heavy atom. The van der Waals surface area contributed by atoms with Crippen molar-refractivity contribution in [2.75, 3.05) is 7.11 Å². The first-order chi connectivity index (χ1) is 10.1. The molecule has 1 unspecified atom stereocenters. The largest absolute Gasteiger partial charge is 0.497 e. The van der Waals surface area contributed by atoms with Crippen molar-refractivity contribution in [2.24, 2.45) is 5.73 Å². The molecule has 2 rings (SSSR count). The predicted molar refractivity (Wildman–Crippen MR) is 78.3 cm³/mol. The minimum absolute atomic E-state index is 0.425. The number of rotatable bonds is 6. The van der Waals surface area contributed by atoms with Gasteiger partial charge >= 0.3 is 5.97 Å². The van der Waals surface area contributed by atoms with Gasteiger partial charge in [-0.15, -0.1) is 0 Å². The number of aliphatic carboxylic acids is 1. The zero-order valence-corrected chi connectivity index (χ0v) is 11.7. The Labute approximate surface area is 122 Å². The second-order valence-corrected chi connectivity index (χ2v) is 4.52. The fraction of sp³-hybridized carbons (Fsp3) is 0.188. The minimum atomic E-state index is -1.05. The van der Waals surface area contributed by atoms with E-state index in [1.54, 1.807) is 31.4 Å². The Hall–Kier alpha value is -2.53. The number of hydrogen-bond acceptors (Lipinski definition) is 4. The molecule has 0 aromatic heterocycles. The zero-order chi connectivity index (χ0) is 15.2. The van der Waals surface area contributed by atoms with Crippen LogP contribution in [0.15, 0.2) is 48.5 Å². The number of methoxy groups -OCH3 is 1. The third-order valence-electron chi connectivity index (χ3n) is 3.07. The van der Waals surface area contributed by atoms with E-state index >= 15 is 0 Å². The van der Waals surface area contributed by atoms with Gasteiger partial charge in [-0.1, -0.05) is 24.3 Å². The molecule has 0 aliphatic heterocycles. The fourth-order valence-electron chi connectivity index (χ4n) is 1.80. The maximum atomic E-state index is 10.8. The van der Waals surface area contributed by atoms with Crippen molar-refractivity contribution in [3.63, 3.8) is 0 Å². The first-order valence-corrected chi connectivity index (χ1v) is 6.44. The van der Waals surface area contributed by atoms with Crippen LogP contribution in [-0.4, -0.2) is 18.2 Å². The number of carboxylic acid groups (broad SMARTS) is 1. The summed E-state index contributed by atoms with van der Waals surface area (Å²) in [5.41, 5.74) is 7.08. The van der Waals surface area contributed by atoms with Crippen LogP contribution in [0.25, 0.3) is 0 Å². The fourth-order valence-corrected chi connectivity index (χ4v) is 1.80. The van der Waals surface area contributed by atoms with Crippen LogP contribution >= 0.6 is 0 Å². The van der Waals surface area contributed by atoms with Gasteiger partial charge in [-0.2, -0.15) is 0 Å². The lowest BCUT2D eigenvalue weighted by molar-refractivity contribution is -0.138. The van der Waals surface area contributed by atoms with Gasteiger partial charge in [0.25, 0.3) is 0 Å². The van der Waals surface area contributed by atoms with Crippen LogP contribution in [0.4, 0.5) is 0 Å². The van der Waals surface area contributed by atoms with Crippen molar-refractivity contribution in [1.29, 1.82) is 0 Å². The number of carbonyl (C=O) groups is 1. The molecule has 2 aromatic carbocycles. The lowest BCUT2D eigenvalue weighted by Gasteiger charge is -2.10. The van der Waals surface area contributed by atoms with Gasteiger partial charge in [-0.05, 0) is 35.4 Å². The molecule has 21 heavy (non-hydrogen) atoms. The van der Waals surface area contributed by atoms with Crippen LogP contribution in [0.1, 0.15) is 17.2 Å². The van der Waals surface area contributed by atoms with Gasteiger partial charge < -0.3 is 20.3 Å². The zero-order valence-electron chi connectivity index (χ0n) is 11.7. The molecule has 0 amide bonds. The third kappa shape index (κ3) is 3.97. The normalized spacial score (nSPS) is 11.7. The highest BCUT2D eigenvalue weighted by molar-refractivity contribution is 5.75. The topological polar surface area (TPSA) is 81.8 Å². The minimum Gasteiger partial charge on any atom is -0.497 e. The molecule has 0 aliphatic carbocycles. The van der Waals surface area contributed by atoms with Crippen molar-refractivity contribution in [2.45, 2.75) is 12.6 Å². The van der Waals surface area contributed by atoms with E-state index in [4.69, 9.17) is 20.3 Å². The second kappa shape index (κ2) is 6.76. The van der Waals surface area contributed by atoms with Gasteiger partial charge in [0.1, 0.15) is 24.1 Å². The Bertz CT molecular complexity index is 593. The number of benzene rings is 2. The standard InChI is InChI=1S/C16H17NO4/c1-20-13-6-2-11(3-7-13)10-21-14-8-4-12(5-9-14)15(17)16(18)19/h2-9,15H,10,17H2,1H3,(H,18,19).